The van der Waals surface area contributed by atoms with Crippen molar-refractivity contribution in [3.63, 3.8) is 0 Å². The monoisotopic (exact) mass is 250 g/mol. The third-order valence-electron chi connectivity index (χ3n) is 3.15. The predicted molar refractivity (Wildman–Crippen MR) is 72.2 cm³/mol. The van der Waals surface area contributed by atoms with Crippen molar-refractivity contribution in [2.75, 3.05) is 11.9 Å². The van der Waals surface area contributed by atoms with Gasteiger partial charge < -0.3 is 11.1 Å². The van der Waals surface area contributed by atoms with Crippen molar-refractivity contribution < 1.29 is 4.79 Å². The van der Waals surface area contributed by atoms with E-state index in [9.17, 15) is 4.79 Å². The average molecular weight is 250 g/mol. The van der Waals surface area contributed by atoms with Crippen molar-refractivity contribution in [1.29, 1.82) is 0 Å². The van der Waals surface area contributed by atoms with Gasteiger partial charge in [-0.3, -0.25) is 4.79 Å². The molecule has 0 saturated carbocycles. The molecule has 1 amide bonds. The largest absolute Gasteiger partial charge is 0.368 e. The zero-order valence-corrected chi connectivity index (χ0v) is 11.5. The van der Waals surface area contributed by atoms with E-state index in [1.165, 1.54) is 0 Å². The number of primary amides is 1. The summed E-state index contributed by atoms with van der Waals surface area (Å²) in [6, 6.07) is 3.31. The first-order valence-electron chi connectivity index (χ1n) is 6.29. The van der Waals surface area contributed by atoms with Gasteiger partial charge in [0.15, 0.2) is 5.69 Å². The molecular formula is C13H22N4O. The summed E-state index contributed by atoms with van der Waals surface area (Å²) in [5, 5.41) is 10.9. The SMILES string of the molecule is CC(C)C(CNc1ccc(C(N)=O)nn1)C(C)C. The molecule has 1 rings (SSSR count). The molecule has 18 heavy (non-hydrogen) atoms. The van der Waals surface area contributed by atoms with Crippen molar-refractivity contribution in [2.45, 2.75) is 27.7 Å². The maximum Gasteiger partial charge on any atom is 0.269 e. The molecule has 0 spiro atoms. The second kappa shape index (κ2) is 6.33. The quantitative estimate of drug-likeness (QED) is 0.808. The van der Waals surface area contributed by atoms with Gasteiger partial charge in [-0.15, -0.1) is 10.2 Å². The summed E-state index contributed by atoms with van der Waals surface area (Å²) < 4.78 is 0. The van der Waals surface area contributed by atoms with E-state index in [-0.39, 0.29) is 5.69 Å². The van der Waals surface area contributed by atoms with Crippen LogP contribution in [0.3, 0.4) is 0 Å². The van der Waals surface area contributed by atoms with Gasteiger partial charge in [-0.05, 0) is 29.9 Å². The van der Waals surface area contributed by atoms with Crippen LogP contribution in [0.25, 0.3) is 0 Å². The number of anilines is 1. The molecule has 0 radical (unpaired) electrons. The van der Waals surface area contributed by atoms with Crippen LogP contribution in [-0.2, 0) is 0 Å². The van der Waals surface area contributed by atoms with Crippen LogP contribution in [0, 0.1) is 17.8 Å². The zero-order chi connectivity index (χ0) is 13.7. The Labute approximate surface area is 108 Å². The van der Waals surface area contributed by atoms with Gasteiger partial charge in [-0.2, -0.15) is 0 Å². The van der Waals surface area contributed by atoms with Crippen LogP contribution in [-0.4, -0.2) is 22.6 Å². The molecule has 0 aliphatic carbocycles. The first-order valence-corrected chi connectivity index (χ1v) is 6.29. The maximum atomic E-state index is 10.9. The van der Waals surface area contributed by atoms with Crippen LogP contribution >= 0.6 is 0 Å². The number of carbonyl (C=O) groups is 1. The van der Waals surface area contributed by atoms with Crippen LogP contribution in [0.4, 0.5) is 5.82 Å². The minimum Gasteiger partial charge on any atom is -0.368 e. The highest BCUT2D eigenvalue weighted by atomic mass is 16.1. The van der Waals surface area contributed by atoms with Gasteiger partial charge in [0.2, 0.25) is 0 Å². The number of hydrogen-bond acceptors (Lipinski definition) is 4. The minimum atomic E-state index is -0.559. The fourth-order valence-corrected chi connectivity index (χ4v) is 2.02. The number of carbonyl (C=O) groups excluding carboxylic acids is 1. The lowest BCUT2D eigenvalue weighted by Crippen LogP contribution is -2.25. The van der Waals surface area contributed by atoms with Gasteiger partial charge in [0.1, 0.15) is 5.82 Å². The average Bonchev–Trinajstić information content (AvgIpc) is 2.28. The molecule has 100 valence electrons. The fraction of sp³-hybridized carbons (Fsp3) is 0.615. The van der Waals surface area contributed by atoms with E-state index in [2.05, 4.69) is 43.2 Å². The molecule has 0 aliphatic rings. The van der Waals surface area contributed by atoms with E-state index in [4.69, 9.17) is 5.73 Å². The first-order chi connectivity index (χ1) is 8.41. The number of nitrogens with zero attached hydrogens (tertiary/aromatic N) is 2. The molecule has 0 bridgehead atoms. The first kappa shape index (κ1) is 14.4. The number of aromatic nitrogens is 2. The van der Waals surface area contributed by atoms with Crippen molar-refractivity contribution in [1.82, 2.24) is 10.2 Å². The molecule has 0 fully saturated rings. The highest BCUT2D eigenvalue weighted by Crippen LogP contribution is 2.20. The van der Waals surface area contributed by atoms with E-state index in [1.807, 2.05) is 0 Å². The Hall–Kier alpha value is -1.65. The molecular weight excluding hydrogens is 228 g/mol. The highest BCUT2D eigenvalue weighted by molar-refractivity contribution is 5.90. The molecule has 5 nitrogen and oxygen atoms in total. The van der Waals surface area contributed by atoms with Gasteiger partial charge >= 0.3 is 0 Å². The van der Waals surface area contributed by atoms with E-state index < -0.39 is 5.91 Å². The Morgan fingerprint density at radius 2 is 1.83 bits per heavy atom. The smallest absolute Gasteiger partial charge is 0.269 e. The summed E-state index contributed by atoms with van der Waals surface area (Å²) in [5.74, 6) is 1.90. The molecule has 5 heteroatoms. The van der Waals surface area contributed by atoms with E-state index in [0.717, 1.165) is 6.54 Å². The Bertz CT molecular complexity index is 378. The zero-order valence-electron chi connectivity index (χ0n) is 11.5. The lowest BCUT2D eigenvalue weighted by atomic mass is 9.85. The Balaban J connectivity index is 2.60. The molecule has 1 heterocycles. The number of amides is 1. The number of nitrogens with two attached hydrogens (primary N) is 1. The van der Waals surface area contributed by atoms with Crippen LogP contribution in [0.1, 0.15) is 38.2 Å². The molecule has 3 N–H and O–H groups in total. The summed E-state index contributed by atoms with van der Waals surface area (Å²) >= 11 is 0. The van der Waals surface area contributed by atoms with Crippen LogP contribution < -0.4 is 11.1 Å². The van der Waals surface area contributed by atoms with Crippen LogP contribution in [0.2, 0.25) is 0 Å². The molecule has 0 aromatic carbocycles. The third-order valence-corrected chi connectivity index (χ3v) is 3.15. The third kappa shape index (κ3) is 3.98. The summed E-state index contributed by atoms with van der Waals surface area (Å²) in [6.45, 7) is 9.71. The number of rotatable bonds is 6. The van der Waals surface area contributed by atoms with E-state index >= 15 is 0 Å². The molecule has 0 aliphatic heterocycles. The summed E-state index contributed by atoms with van der Waals surface area (Å²) in [7, 11) is 0. The van der Waals surface area contributed by atoms with Crippen molar-refractivity contribution in [3.8, 4) is 0 Å². The lowest BCUT2D eigenvalue weighted by Gasteiger charge is -2.25. The van der Waals surface area contributed by atoms with E-state index in [1.54, 1.807) is 12.1 Å². The van der Waals surface area contributed by atoms with Crippen molar-refractivity contribution in [2.24, 2.45) is 23.5 Å². The van der Waals surface area contributed by atoms with Gasteiger partial charge in [0.05, 0.1) is 0 Å². The van der Waals surface area contributed by atoms with Crippen molar-refractivity contribution >= 4 is 11.7 Å². The number of hydrogen-bond donors (Lipinski definition) is 2. The Kier molecular flexibility index (Phi) is 5.07. The lowest BCUT2D eigenvalue weighted by molar-refractivity contribution is 0.0994. The molecule has 0 atom stereocenters. The second-order valence-corrected chi connectivity index (χ2v) is 5.20. The minimum absolute atomic E-state index is 0.185. The Morgan fingerprint density at radius 3 is 2.22 bits per heavy atom. The predicted octanol–water partition coefficient (Wildman–Crippen LogP) is 1.92. The molecule has 1 aromatic rings. The van der Waals surface area contributed by atoms with Gasteiger partial charge in [-0.25, -0.2) is 0 Å². The Morgan fingerprint density at radius 1 is 1.22 bits per heavy atom. The second-order valence-electron chi connectivity index (χ2n) is 5.20. The topological polar surface area (TPSA) is 80.9 Å². The van der Waals surface area contributed by atoms with Crippen molar-refractivity contribution in [3.05, 3.63) is 17.8 Å². The molecule has 1 aromatic heterocycles. The van der Waals surface area contributed by atoms with Gasteiger partial charge in [-0.1, -0.05) is 27.7 Å². The normalized spacial score (nSPS) is 11.3. The van der Waals surface area contributed by atoms with Gasteiger partial charge in [0.25, 0.3) is 5.91 Å². The maximum absolute atomic E-state index is 10.9. The summed E-state index contributed by atoms with van der Waals surface area (Å²) in [4.78, 5) is 10.9. The molecule has 0 unspecified atom stereocenters. The number of nitrogens with one attached hydrogen (secondary N) is 1. The summed E-state index contributed by atoms with van der Waals surface area (Å²) in [5.41, 5.74) is 5.29. The molecule has 0 saturated heterocycles. The fourth-order valence-electron chi connectivity index (χ4n) is 2.02. The van der Waals surface area contributed by atoms with Gasteiger partial charge in [0, 0.05) is 6.54 Å². The highest BCUT2D eigenvalue weighted by Gasteiger charge is 2.17. The van der Waals surface area contributed by atoms with Crippen LogP contribution in [0.5, 0.6) is 0 Å². The van der Waals surface area contributed by atoms with Crippen LogP contribution in [0.15, 0.2) is 12.1 Å². The van der Waals surface area contributed by atoms with E-state index in [0.29, 0.717) is 23.6 Å². The standard InChI is InChI=1S/C13H22N4O/c1-8(2)10(9(3)4)7-15-12-6-5-11(13(14)18)16-17-12/h5-6,8-10H,7H2,1-4H3,(H2,14,18)(H,15,17). The summed E-state index contributed by atoms with van der Waals surface area (Å²) in [6.07, 6.45) is 0.